The SMILES string of the molecule is CNc1cnc(C(=O)N2CCC3(CCCC3)CC2)cn1. The molecule has 20 heavy (non-hydrogen) atoms. The molecule has 1 saturated carbocycles. The second-order valence-electron chi connectivity index (χ2n) is 6.04. The summed E-state index contributed by atoms with van der Waals surface area (Å²) in [5, 5.41) is 2.91. The summed E-state index contributed by atoms with van der Waals surface area (Å²) < 4.78 is 0. The molecule has 2 aliphatic rings. The van der Waals surface area contributed by atoms with E-state index < -0.39 is 0 Å². The number of carbonyl (C=O) groups is 1. The van der Waals surface area contributed by atoms with Gasteiger partial charge in [0.1, 0.15) is 11.5 Å². The van der Waals surface area contributed by atoms with Gasteiger partial charge in [-0.05, 0) is 31.1 Å². The Morgan fingerprint density at radius 3 is 2.40 bits per heavy atom. The lowest BCUT2D eigenvalue weighted by molar-refractivity contribution is 0.0581. The molecule has 2 heterocycles. The number of nitrogens with one attached hydrogen (secondary N) is 1. The molecule has 5 nitrogen and oxygen atoms in total. The molecule has 0 radical (unpaired) electrons. The molecular formula is C15H22N4O. The van der Waals surface area contributed by atoms with E-state index in [9.17, 15) is 4.79 Å². The van der Waals surface area contributed by atoms with E-state index in [-0.39, 0.29) is 5.91 Å². The maximum Gasteiger partial charge on any atom is 0.274 e. The van der Waals surface area contributed by atoms with E-state index in [1.807, 2.05) is 4.90 Å². The van der Waals surface area contributed by atoms with Crippen LogP contribution in [0.15, 0.2) is 12.4 Å². The monoisotopic (exact) mass is 274 g/mol. The van der Waals surface area contributed by atoms with Crippen molar-refractivity contribution in [2.45, 2.75) is 38.5 Å². The Labute approximate surface area is 119 Å². The molecule has 0 bridgehead atoms. The van der Waals surface area contributed by atoms with E-state index in [4.69, 9.17) is 0 Å². The number of hydrogen-bond donors (Lipinski definition) is 1. The summed E-state index contributed by atoms with van der Waals surface area (Å²) in [7, 11) is 1.79. The van der Waals surface area contributed by atoms with Gasteiger partial charge in [-0.1, -0.05) is 12.8 Å². The fourth-order valence-electron chi connectivity index (χ4n) is 3.54. The number of anilines is 1. The summed E-state index contributed by atoms with van der Waals surface area (Å²) in [5.41, 5.74) is 0.990. The van der Waals surface area contributed by atoms with Crippen LogP contribution in [0.3, 0.4) is 0 Å². The number of amides is 1. The van der Waals surface area contributed by atoms with E-state index in [1.165, 1.54) is 25.7 Å². The minimum Gasteiger partial charge on any atom is -0.372 e. The van der Waals surface area contributed by atoms with Gasteiger partial charge in [-0.2, -0.15) is 0 Å². The number of likely N-dealkylation sites (tertiary alicyclic amines) is 1. The van der Waals surface area contributed by atoms with Gasteiger partial charge in [0.05, 0.1) is 12.4 Å². The first kappa shape index (κ1) is 13.3. The summed E-state index contributed by atoms with van der Waals surface area (Å²) >= 11 is 0. The van der Waals surface area contributed by atoms with Crippen molar-refractivity contribution in [2.75, 3.05) is 25.5 Å². The van der Waals surface area contributed by atoms with Crippen LogP contribution in [0.4, 0.5) is 5.82 Å². The Bertz CT molecular complexity index is 469. The summed E-state index contributed by atoms with van der Waals surface area (Å²) in [6.07, 6.45) is 10.9. The number of nitrogens with zero attached hydrogens (tertiary/aromatic N) is 3. The van der Waals surface area contributed by atoms with Crippen molar-refractivity contribution < 1.29 is 4.79 Å². The fourth-order valence-corrected chi connectivity index (χ4v) is 3.54. The van der Waals surface area contributed by atoms with Gasteiger partial charge in [-0.3, -0.25) is 4.79 Å². The number of hydrogen-bond acceptors (Lipinski definition) is 4. The average Bonchev–Trinajstić information content (AvgIpc) is 2.96. The molecule has 1 aliphatic heterocycles. The first-order chi connectivity index (χ1) is 9.72. The first-order valence-electron chi connectivity index (χ1n) is 7.52. The third-order valence-corrected chi connectivity index (χ3v) is 4.90. The highest BCUT2D eigenvalue weighted by Gasteiger charge is 2.38. The van der Waals surface area contributed by atoms with E-state index in [0.29, 0.717) is 16.9 Å². The van der Waals surface area contributed by atoms with Gasteiger partial charge >= 0.3 is 0 Å². The van der Waals surface area contributed by atoms with Gasteiger partial charge in [-0.15, -0.1) is 0 Å². The summed E-state index contributed by atoms with van der Waals surface area (Å²) in [6, 6.07) is 0. The number of carbonyl (C=O) groups excluding carboxylic acids is 1. The Morgan fingerprint density at radius 1 is 1.15 bits per heavy atom. The van der Waals surface area contributed by atoms with E-state index in [2.05, 4.69) is 15.3 Å². The summed E-state index contributed by atoms with van der Waals surface area (Å²) in [4.78, 5) is 22.7. The van der Waals surface area contributed by atoms with Crippen molar-refractivity contribution >= 4 is 11.7 Å². The zero-order valence-electron chi connectivity index (χ0n) is 12.1. The zero-order valence-corrected chi connectivity index (χ0v) is 12.1. The molecule has 1 spiro atoms. The zero-order chi connectivity index (χ0) is 14.0. The van der Waals surface area contributed by atoms with Crippen molar-refractivity contribution in [1.29, 1.82) is 0 Å². The lowest BCUT2D eigenvalue weighted by Gasteiger charge is -2.39. The van der Waals surface area contributed by atoms with Gasteiger partial charge in [0.25, 0.3) is 5.91 Å². The third-order valence-electron chi connectivity index (χ3n) is 4.90. The van der Waals surface area contributed by atoms with Crippen molar-refractivity contribution in [1.82, 2.24) is 14.9 Å². The van der Waals surface area contributed by atoms with Crippen LogP contribution in [0.1, 0.15) is 49.0 Å². The Hall–Kier alpha value is -1.65. The topological polar surface area (TPSA) is 58.1 Å². The van der Waals surface area contributed by atoms with Crippen LogP contribution in [0.25, 0.3) is 0 Å². The molecule has 5 heteroatoms. The Balaban J connectivity index is 1.63. The van der Waals surface area contributed by atoms with Crippen molar-refractivity contribution in [3.63, 3.8) is 0 Å². The van der Waals surface area contributed by atoms with Crippen molar-refractivity contribution in [2.24, 2.45) is 5.41 Å². The first-order valence-corrected chi connectivity index (χ1v) is 7.52. The fraction of sp³-hybridized carbons (Fsp3) is 0.667. The van der Waals surface area contributed by atoms with Gasteiger partial charge < -0.3 is 10.2 Å². The molecule has 1 aromatic heterocycles. The molecule has 1 aromatic rings. The standard InChI is InChI=1S/C15H22N4O/c1-16-13-11-17-12(10-18-13)14(20)19-8-6-15(7-9-19)4-2-3-5-15/h10-11H,2-9H2,1H3,(H,16,18). The molecule has 1 amide bonds. The molecule has 3 rings (SSSR count). The molecule has 1 aliphatic carbocycles. The van der Waals surface area contributed by atoms with Crippen LogP contribution < -0.4 is 5.32 Å². The van der Waals surface area contributed by atoms with E-state index >= 15 is 0 Å². The maximum absolute atomic E-state index is 12.4. The molecule has 1 N–H and O–H groups in total. The number of aromatic nitrogens is 2. The largest absolute Gasteiger partial charge is 0.372 e. The van der Waals surface area contributed by atoms with Crippen LogP contribution in [0, 0.1) is 5.41 Å². The average molecular weight is 274 g/mol. The maximum atomic E-state index is 12.4. The van der Waals surface area contributed by atoms with E-state index in [1.54, 1.807) is 19.4 Å². The number of piperidine rings is 1. The predicted molar refractivity (Wildman–Crippen MR) is 77.6 cm³/mol. The summed E-state index contributed by atoms with van der Waals surface area (Å²) in [5.74, 6) is 0.707. The quantitative estimate of drug-likeness (QED) is 0.899. The molecule has 108 valence electrons. The molecular weight excluding hydrogens is 252 g/mol. The van der Waals surface area contributed by atoms with Crippen LogP contribution in [0.5, 0.6) is 0 Å². The Morgan fingerprint density at radius 2 is 1.85 bits per heavy atom. The van der Waals surface area contributed by atoms with Crippen molar-refractivity contribution in [3.8, 4) is 0 Å². The molecule has 0 unspecified atom stereocenters. The minimum absolute atomic E-state index is 0.0213. The van der Waals surface area contributed by atoms with Crippen LogP contribution >= 0.6 is 0 Å². The van der Waals surface area contributed by atoms with Crippen LogP contribution in [-0.2, 0) is 0 Å². The highest BCUT2D eigenvalue weighted by molar-refractivity contribution is 5.92. The third kappa shape index (κ3) is 2.49. The molecule has 1 saturated heterocycles. The molecule has 0 aromatic carbocycles. The number of rotatable bonds is 2. The van der Waals surface area contributed by atoms with Gasteiger partial charge in [-0.25, -0.2) is 9.97 Å². The lowest BCUT2D eigenvalue weighted by Crippen LogP contribution is -2.42. The van der Waals surface area contributed by atoms with Gasteiger partial charge in [0, 0.05) is 20.1 Å². The van der Waals surface area contributed by atoms with Crippen LogP contribution in [-0.4, -0.2) is 40.9 Å². The van der Waals surface area contributed by atoms with Gasteiger partial charge in [0.2, 0.25) is 0 Å². The van der Waals surface area contributed by atoms with Crippen LogP contribution in [0.2, 0.25) is 0 Å². The van der Waals surface area contributed by atoms with Crippen molar-refractivity contribution in [3.05, 3.63) is 18.1 Å². The highest BCUT2D eigenvalue weighted by atomic mass is 16.2. The predicted octanol–water partition coefficient (Wildman–Crippen LogP) is 2.31. The second-order valence-corrected chi connectivity index (χ2v) is 6.04. The van der Waals surface area contributed by atoms with Gasteiger partial charge in [0.15, 0.2) is 0 Å². The lowest BCUT2D eigenvalue weighted by atomic mass is 9.77. The Kier molecular flexibility index (Phi) is 3.59. The minimum atomic E-state index is 0.0213. The smallest absolute Gasteiger partial charge is 0.274 e. The second kappa shape index (κ2) is 5.38. The molecule has 0 atom stereocenters. The summed E-state index contributed by atoms with van der Waals surface area (Å²) in [6.45, 7) is 1.74. The highest BCUT2D eigenvalue weighted by Crippen LogP contribution is 2.46. The normalized spacial score (nSPS) is 21.1. The molecule has 2 fully saturated rings. The van der Waals surface area contributed by atoms with E-state index in [0.717, 1.165) is 25.9 Å².